The lowest BCUT2D eigenvalue weighted by atomic mass is 10.1. The second-order valence-corrected chi connectivity index (χ2v) is 10.2. The number of allylic oxidation sites excluding steroid dienone is 2. The van der Waals surface area contributed by atoms with Crippen LogP contribution in [0.5, 0.6) is 0 Å². The topological polar surface area (TPSA) is 151 Å². The van der Waals surface area contributed by atoms with Crippen molar-refractivity contribution in [2.75, 3.05) is 19.0 Å². The number of aliphatic hydroxyl groups excluding tert-OH is 1. The maximum atomic E-state index is 12.8. The minimum absolute atomic E-state index is 0.0146. The molecule has 0 spiro atoms. The summed E-state index contributed by atoms with van der Waals surface area (Å²) >= 11 is 0.807. The number of halogens is 3. The molecule has 3 rings (SSSR count). The van der Waals surface area contributed by atoms with Crippen molar-refractivity contribution in [1.29, 1.82) is 0 Å². The first-order valence-electron chi connectivity index (χ1n) is 10.5. The predicted molar refractivity (Wildman–Crippen MR) is 123 cm³/mol. The Kier molecular flexibility index (Phi) is 9.56. The van der Waals surface area contributed by atoms with E-state index in [-0.39, 0.29) is 41.0 Å². The Morgan fingerprint density at radius 1 is 1.40 bits per heavy atom. The molecular formula is C20H26F3N3O7S2. The highest BCUT2D eigenvalue weighted by molar-refractivity contribution is 8.18. The highest BCUT2D eigenvalue weighted by Gasteiger charge is 2.64. The first-order valence-corrected chi connectivity index (χ1v) is 13.0. The van der Waals surface area contributed by atoms with Crippen LogP contribution in [-0.4, -0.2) is 60.0 Å². The van der Waals surface area contributed by atoms with Crippen molar-refractivity contribution < 1.29 is 46.0 Å². The molecule has 10 nitrogen and oxygen atoms in total. The van der Waals surface area contributed by atoms with E-state index in [0.717, 1.165) is 17.8 Å². The molecule has 2 aliphatic rings. The molecule has 3 N–H and O–H groups in total. The summed E-state index contributed by atoms with van der Waals surface area (Å²) in [6.45, 7) is 5.54. The monoisotopic (exact) mass is 541 g/mol. The van der Waals surface area contributed by atoms with Crippen LogP contribution in [-0.2, 0) is 25.8 Å². The summed E-state index contributed by atoms with van der Waals surface area (Å²) < 4.78 is 70.0. The van der Waals surface area contributed by atoms with Crippen LogP contribution in [0.4, 0.5) is 13.2 Å². The number of rotatable bonds is 10. The zero-order valence-electron chi connectivity index (χ0n) is 19.1. The standard InChI is InChI=1S/C18H20F3N3O7S2.C2H6/c1-10(22-30-6-2-5-25)12-8-17(12,16(26)27)24-33(28,29)15-4-3-11(9-32-15)13-7-14(31-23-13)18(19,20)21;1-2/h3-4,7,12,24-25H,2,5-6,8-9H2,1H3,(H,26,27);1-2H3/b22-10+;. The van der Waals surface area contributed by atoms with Gasteiger partial charge in [0.15, 0.2) is 0 Å². The number of alkyl halides is 3. The van der Waals surface area contributed by atoms with Crippen LogP contribution in [0.25, 0.3) is 5.57 Å². The molecular weight excluding hydrogens is 515 g/mol. The van der Waals surface area contributed by atoms with Gasteiger partial charge in [0.25, 0.3) is 0 Å². The summed E-state index contributed by atoms with van der Waals surface area (Å²) in [6.07, 6.45) is -1.93. The van der Waals surface area contributed by atoms with E-state index >= 15 is 0 Å². The Morgan fingerprint density at radius 2 is 2.09 bits per heavy atom. The summed E-state index contributed by atoms with van der Waals surface area (Å²) in [5.74, 6) is -3.39. The summed E-state index contributed by atoms with van der Waals surface area (Å²) in [4.78, 5) is 16.8. The van der Waals surface area contributed by atoms with Crippen LogP contribution >= 0.6 is 11.8 Å². The van der Waals surface area contributed by atoms with Gasteiger partial charge in [0.1, 0.15) is 22.1 Å². The lowest BCUT2D eigenvalue weighted by Crippen LogP contribution is -2.46. The number of aromatic nitrogens is 1. The van der Waals surface area contributed by atoms with Crippen LogP contribution in [0.3, 0.4) is 0 Å². The number of sulfonamides is 1. The fourth-order valence-corrected chi connectivity index (χ4v) is 5.86. The second-order valence-electron chi connectivity index (χ2n) is 7.32. The first-order chi connectivity index (χ1) is 16.4. The van der Waals surface area contributed by atoms with Crippen molar-refractivity contribution in [1.82, 2.24) is 9.88 Å². The van der Waals surface area contributed by atoms with Crippen molar-refractivity contribution in [3.8, 4) is 0 Å². The summed E-state index contributed by atoms with van der Waals surface area (Å²) in [6, 6.07) is 0.719. The molecule has 0 aromatic carbocycles. The fraction of sp³-hybridized carbons (Fsp3) is 0.550. The largest absolute Gasteiger partial charge is 0.480 e. The average molecular weight is 542 g/mol. The highest BCUT2D eigenvalue weighted by Crippen LogP contribution is 2.47. The molecule has 0 radical (unpaired) electrons. The third-order valence-electron chi connectivity index (χ3n) is 4.94. The molecule has 0 bridgehead atoms. The smallest absolute Gasteiger partial charge is 0.452 e. The van der Waals surface area contributed by atoms with E-state index in [4.69, 9.17) is 9.94 Å². The summed E-state index contributed by atoms with van der Waals surface area (Å²) in [7, 11) is -4.25. The van der Waals surface area contributed by atoms with Crippen LogP contribution < -0.4 is 4.72 Å². The maximum Gasteiger partial charge on any atom is 0.452 e. The van der Waals surface area contributed by atoms with Gasteiger partial charge < -0.3 is 19.6 Å². The third-order valence-corrected chi connectivity index (χ3v) is 8.13. The number of nitrogens with zero attached hydrogens (tertiary/aromatic N) is 2. The minimum Gasteiger partial charge on any atom is -0.480 e. The molecule has 1 aliphatic carbocycles. The van der Waals surface area contributed by atoms with E-state index in [1.54, 1.807) is 0 Å². The van der Waals surface area contributed by atoms with Crippen molar-refractivity contribution >= 4 is 39.0 Å². The van der Waals surface area contributed by atoms with Gasteiger partial charge in [-0.15, -0.1) is 11.8 Å². The first kappa shape index (κ1) is 28.9. The van der Waals surface area contributed by atoms with Gasteiger partial charge in [-0.25, -0.2) is 8.42 Å². The number of aliphatic hydroxyl groups is 1. The molecule has 1 aromatic rings. The van der Waals surface area contributed by atoms with Gasteiger partial charge in [-0.3, -0.25) is 4.79 Å². The van der Waals surface area contributed by atoms with Crippen LogP contribution in [0.2, 0.25) is 0 Å². The number of nitrogens with one attached hydrogen (secondary N) is 1. The molecule has 2 unspecified atom stereocenters. The van der Waals surface area contributed by atoms with Crippen molar-refractivity contribution in [3.05, 3.63) is 33.9 Å². The van der Waals surface area contributed by atoms with Gasteiger partial charge in [-0.2, -0.15) is 17.9 Å². The Labute approximate surface area is 204 Å². The summed E-state index contributed by atoms with van der Waals surface area (Å²) in [5, 5.41) is 25.5. The van der Waals surface area contributed by atoms with Crippen molar-refractivity contribution in [2.24, 2.45) is 11.1 Å². The molecule has 1 aromatic heterocycles. The van der Waals surface area contributed by atoms with E-state index in [1.165, 1.54) is 19.1 Å². The van der Waals surface area contributed by atoms with Gasteiger partial charge >= 0.3 is 12.1 Å². The summed E-state index contributed by atoms with van der Waals surface area (Å²) in [5.41, 5.74) is -1.26. The normalized spacial score (nSPS) is 22.5. The lowest BCUT2D eigenvalue weighted by Gasteiger charge is -2.18. The molecule has 0 saturated heterocycles. The lowest BCUT2D eigenvalue weighted by molar-refractivity contribution is -0.155. The van der Waals surface area contributed by atoms with Gasteiger partial charge in [-0.05, 0) is 25.0 Å². The number of carboxylic acid groups (broad SMARTS) is 1. The molecule has 1 saturated carbocycles. The molecule has 196 valence electrons. The number of carbonyl (C=O) groups is 1. The van der Waals surface area contributed by atoms with Gasteiger partial charge in [0.2, 0.25) is 15.8 Å². The van der Waals surface area contributed by atoms with E-state index < -0.39 is 39.4 Å². The number of thioether (sulfide) groups is 1. The molecule has 35 heavy (non-hydrogen) atoms. The number of aliphatic carboxylic acids is 1. The third kappa shape index (κ3) is 6.86. The van der Waals surface area contributed by atoms with Crippen LogP contribution in [0.1, 0.15) is 45.1 Å². The van der Waals surface area contributed by atoms with E-state index in [9.17, 15) is 31.5 Å². The quantitative estimate of drug-likeness (QED) is 0.230. The zero-order chi connectivity index (χ0) is 26.4. The number of carboxylic acids is 1. The van der Waals surface area contributed by atoms with Crippen LogP contribution in [0, 0.1) is 5.92 Å². The molecule has 15 heteroatoms. The van der Waals surface area contributed by atoms with Crippen LogP contribution in [0.15, 0.2) is 32.1 Å². The molecule has 0 amide bonds. The van der Waals surface area contributed by atoms with Gasteiger partial charge in [0, 0.05) is 30.8 Å². The number of hydrogen-bond donors (Lipinski definition) is 3. The Bertz CT molecular complexity index is 1110. The van der Waals surface area contributed by atoms with Gasteiger partial charge in [-0.1, -0.05) is 30.2 Å². The fourth-order valence-electron chi connectivity index (χ4n) is 3.09. The number of hydrogen-bond acceptors (Lipinski definition) is 9. The van der Waals surface area contributed by atoms with E-state index in [1.807, 2.05) is 13.8 Å². The predicted octanol–water partition coefficient (Wildman–Crippen LogP) is 3.23. The van der Waals surface area contributed by atoms with Gasteiger partial charge in [0.05, 0.1) is 5.71 Å². The van der Waals surface area contributed by atoms with E-state index in [2.05, 4.69) is 19.6 Å². The molecule has 1 fully saturated rings. The Hall–Kier alpha value is -2.36. The number of oxime groups is 1. The highest BCUT2D eigenvalue weighted by atomic mass is 32.3. The van der Waals surface area contributed by atoms with Crippen molar-refractivity contribution in [2.45, 2.75) is 45.3 Å². The SMILES string of the molecule is C/C(=N\OCCCO)C1CC1(NS(=O)(=O)C1=CC=C(c2cc(C(F)(F)F)on2)CS1)C(=O)O.CC. The van der Waals surface area contributed by atoms with E-state index in [0.29, 0.717) is 12.0 Å². The minimum atomic E-state index is -4.70. The second kappa shape index (κ2) is 11.6. The zero-order valence-corrected chi connectivity index (χ0v) is 20.8. The Morgan fingerprint density at radius 3 is 2.60 bits per heavy atom. The Balaban J connectivity index is 0.00000210. The molecule has 1 aliphatic heterocycles. The molecule has 2 atom stereocenters. The molecule has 2 heterocycles. The maximum absolute atomic E-state index is 12.8. The average Bonchev–Trinajstić information content (AvgIpc) is 3.30. The van der Waals surface area contributed by atoms with Crippen molar-refractivity contribution in [3.63, 3.8) is 0 Å².